The molecule has 0 saturated heterocycles. The zero-order valence-electron chi connectivity index (χ0n) is 13.8. The molecule has 2 heterocycles. The second-order valence-corrected chi connectivity index (χ2v) is 6.97. The van der Waals surface area contributed by atoms with Crippen LogP contribution in [0.1, 0.15) is 18.4 Å². The third-order valence-electron chi connectivity index (χ3n) is 3.68. The normalized spacial score (nSPS) is 11.7. The minimum atomic E-state index is -4.55. The van der Waals surface area contributed by atoms with Gasteiger partial charge in [-0.2, -0.15) is 13.2 Å². The number of terminal acetylenes is 1. The fraction of sp³-hybridized carbons (Fsp3) is 0.235. The van der Waals surface area contributed by atoms with E-state index in [0.29, 0.717) is 35.7 Å². The van der Waals surface area contributed by atoms with E-state index in [-0.39, 0.29) is 15.7 Å². The van der Waals surface area contributed by atoms with E-state index in [0.717, 1.165) is 17.8 Å². The molecule has 2 N–H and O–H groups in total. The number of benzene rings is 1. The molecule has 5 nitrogen and oxygen atoms in total. The van der Waals surface area contributed by atoms with Gasteiger partial charge < -0.3 is 10.3 Å². The molecule has 0 radical (unpaired) electrons. The number of nitrogens with two attached hydrogens (primary N) is 1. The van der Waals surface area contributed by atoms with E-state index in [1.54, 1.807) is 4.57 Å². The quantitative estimate of drug-likeness (QED) is 0.489. The molecule has 0 fully saturated rings. The number of aryl methyl sites for hydroxylation is 1. The van der Waals surface area contributed by atoms with Crippen LogP contribution in [0.5, 0.6) is 0 Å². The summed E-state index contributed by atoms with van der Waals surface area (Å²) in [6, 6.07) is 3.61. The summed E-state index contributed by atoms with van der Waals surface area (Å²) in [6.45, 7) is 0.439. The van der Waals surface area contributed by atoms with Crippen LogP contribution in [-0.2, 0) is 12.7 Å². The predicted molar refractivity (Wildman–Crippen MR) is 98.4 cm³/mol. The Morgan fingerprint density at radius 3 is 2.78 bits per heavy atom. The topological polar surface area (TPSA) is 69.6 Å². The van der Waals surface area contributed by atoms with Gasteiger partial charge in [0.2, 0.25) is 0 Å². The van der Waals surface area contributed by atoms with Crippen molar-refractivity contribution in [2.24, 2.45) is 0 Å². The Balaban J connectivity index is 2.08. The first-order chi connectivity index (χ1) is 12.8. The van der Waals surface area contributed by atoms with E-state index in [2.05, 4.69) is 20.9 Å². The van der Waals surface area contributed by atoms with Gasteiger partial charge in [-0.25, -0.2) is 15.0 Å². The lowest BCUT2D eigenvalue weighted by Gasteiger charge is -2.13. The average Bonchev–Trinajstić information content (AvgIpc) is 2.95. The number of nitrogens with zero attached hydrogens (tertiary/aromatic N) is 4. The maximum Gasteiger partial charge on any atom is 0.417 e. The van der Waals surface area contributed by atoms with Gasteiger partial charge in [0.25, 0.3) is 0 Å². The highest BCUT2D eigenvalue weighted by atomic mass is 35.5. The lowest BCUT2D eigenvalue weighted by atomic mass is 10.2. The maximum atomic E-state index is 13.4. The van der Waals surface area contributed by atoms with E-state index < -0.39 is 11.7 Å². The number of unbranched alkanes of at least 4 members (excludes halogenated alkanes) is 1. The fourth-order valence-corrected chi connectivity index (χ4v) is 3.68. The lowest BCUT2D eigenvalue weighted by Crippen LogP contribution is -2.07. The molecule has 0 saturated carbocycles. The molecule has 0 unspecified atom stereocenters. The minimum absolute atomic E-state index is 0.00399. The first-order valence-electron chi connectivity index (χ1n) is 7.76. The largest absolute Gasteiger partial charge is 0.417 e. The van der Waals surface area contributed by atoms with E-state index >= 15 is 0 Å². The molecule has 3 rings (SSSR count). The summed E-state index contributed by atoms with van der Waals surface area (Å²) in [5.41, 5.74) is 5.79. The molecule has 0 aliphatic carbocycles. The number of aromatic nitrogens is 4. The van der Waals surface area contributed by atoms with Crippen LogP contribution in [0.4, 0.5) is 19.0 Å². The number of nitrogen functional groups attached to an aromatic ring is 1. The van der Waals surface area contributed by atoms with Crippen LogP contribution in [-0.4, -0.2) is 19.5 Å². The monoisotopic (exact) mass is 411 g/mol. The third-order valence-corrected chi connectivity index (χ3v) is 4.98. The summed E-state index contributed by atoms with van der Waals surface area (Å²) in [5.74, 6) is 2.69. The number of alkyl halides is 3. The molecule has 140 valence electrons. The minimum Gasteiger partial charge on any atom is -0.382 e. The number of imidazole rings is 1. The summed E-state index contributed by atoms with van der Waals surface area (Å²) in [5, 5.41) is 0.325. The van der Waals surface area contributed by atoms with Gasteiger partial charge in [-0.1, -0.05) is 23.4 Å². The zero-order valence-corrected chi connectivity index (χ0v) is 15.4. The number of anilines is 1. The molecule has 0 aliphatic heterocycles. The van der Waals surface area contributed by atoms with Crippen LogP contribution >= 0.6 is 23.4 Å². The molecular weight excluding hydrogens is 399 g/mol. The van der Waals surface area contributed by atoms with Crippen molar-refractivity contribution in [3.05, 3.63) is 35.1 Å². The molecule has 10 heteroatoms. The van der Waals surface area contributed by atoms with Gasteiger partial charge in [0.1, 0.15) is 6.33 Å². The highest BCUT2D eigenvalue weighted by molar-refractivity contribution is 7.99. The van der Waals surface area contributed by atoms with E-state index in [1.807, 2.05) is 0 Å². The molecule has 0 aliphatic rings. The van der Waals surface area contributed by atoms with Crippen LogP contribution in [0.15, 0.2) is 34.6 Å². The van der Waals surface area contributed by atoms with Gasteiger partial charge in [-0.15, -0.1) is 12.3 Å². The zero-order chi connectivity index (χ0) is 19.6. The number of fused-ring (bicyclic) bond motifs is 1. The van der Waals surface area contributed by atoms with Gasteiger partial charge >= 0.3 is 6.18 Å². The van der Waals surface area contributed by atoms with E-state index in [1.165, 1.54) is 18.5 Å². The van der Waals surface area contributed by atoms with Crippen LogP contribution in [0.3, 0.4) is 0 Å². The Hall–Kier alpha value is -2.44. The Labute approximate surface area is 162 Å². The van der Waals surface area contributed by atoms with Crippen molar-refractivity contribution in [2.75, 3.05) is 5.73 Å². The van der Waals surface area contributed by atoms with E-state index in [4.69, 9.17) is 23.8 Å². The first-order valence-corrected chi connectivity index (χ1v) is 8.95. The SMILES string of the molecule is C#CCCCn1c(Sc2ccc(Cl)cc2C(F)(F)F)nc2c(N)ncnc21. The van der Waals surface area contributed by atoms with Crippen molar-refractivity contribution in [2.45, 2.75) is 35.6 Å². The number of hydrogen-bond donors (Lipinski definition) is 1. The average molecular weight is 412 g/mol. The summed E-state index contributed by atoms with van der Waals surface area (Å²) < 4.78 is 41.9. The van der Waals surface area contributed by atoms with Crippen LogP contribution in [0, 0.1) is 12.3 Å². The van der Waals surface area contributed by atoms with Crippen molar-refractivity contribution in [1.29, 1.82) is 0 Å². The number of halogens is 4. The Kier molecular flexibility index (Phi) is 5.48. The highest BCUT2D eigenvalue weighted by Crippen LogP contribution is 2.41. The standard InChI is InChI=1S/C17H13ClF3N5S/c1-2-3-4-7-26-15-13(14(22)23-9-24-15)25-16(26)27-12-6-5-10(18)8-11(12)17(19,20)21/h1,5-6,8-9H,3-4,7H2,(H2,22,23,24). The number of rotatable bonds is 5. The fourth-order valence-electron chi connectivity index (χ4n) is 2.46. The molecule has 0 spiro atoms. The van der Waals surface area contributed by atoms with Crippen LogP contribution < -0.4 is 5.73 Å². The lowest BCUT2D eigenvalue weighted by molar-refractivity contribution is -0.139. The van der Waals surface area contributed by atoms with Crippen molar-refractivity contribution < 1.29 is 13.2 Å². The van der Waals surface area contributed by atoms with Crippen molar-refractivity contribution >= 4 is 40.3 Å². The second-order valence-electron chi connectivity index (χ2n) is 5.53. The van der Waals surface area contributed by atoms with Gasteiger partial charge in [-0.05, 0) is 24.6 Å². The molecular formula is C17H13ClF3N5S. The van der Waals surface area contributed by atoms with Gasteiger partial charge in [0.15, 0.2) is 22.1 Å². The molecule has 27 heavy (non-hydrogen) atoms. The summed E-state index contributed by atoms with van der Waals surface area (Å²) >= 11 is 6.61. The smallest absolute Gasteiger partial charge is 0.382 e. The Morgan fingerprint density at radius 2 is 2.07 bits per heavy atom. The van der Waals surface area contributed by atoms with E-state index in [9.17, 15) is 13.2 Å². The maximum absolute atomic E-state index is 13.4. The highest BCUT2D eigenvalue weighted by Gasteiger charge is 2.34. The van der Waals surface area contributed by atoms with Crippen molar-refractivity contribution in [3.63, 3.8) is 0 Å². The molecule has 2 aromatic heterocycles. The van der Waals surface area contributed by atoms with Gasteiger partial charge in [-0.3, -0.25) is 0 Å². The summed E-state index contributed by atoms with van der Waals surface area (Å²) in [6.07, 6.45) is 3.15. The first kappa shape index (κ1) is 19.3. The van der Waals surface area contributed by atoms with Gasteiger partial charge in [0, 0.05) is 22.9 Å². The molecule has 0 amide bonds. The van der Waals surface area contributed by atoms with Crippen LogP contribution in [0.2, 0.25) is 5.02 Å². The summed E-state index contributed by atoms with van der Waals surface area (Å²) in [7, 11) is 0. The molecule has 0 atom stereocenters. The van der Waals surface area contributed by atoms with Crippen LogP contribution in [0.25, 0.3) is 11.2 Å². The molecule has 1 aromatic carbocycles. The van der Waals surface area contributed by atoms with Crippen molar-refractivity contribution in [3.8, 4) is 12.3 Å². The Bertz CT molecular complexity index is 1030. The molecule has 0 bridgehead atoms. The summed E-state index contributed by atoms with van der Waals surface area (Å²) in [4.78, 5) is 12.4. The van der Waals surface area contributed by atoms with Gasteiger partial charge in [0.05, 0.1) is 5.56 Å². The number of hydrogen-bond acceptors (Lipinski definition) is 5. The van der Waals surface area contributed by atoms with Crippen molar-refractivity contribution in [1.82, 2.24) is 19.5 Å². The molecule has 3 aromatic rings. The third kappa shape index (κ3) is 4.12. The predicted octanol–water partition coefficient (Wildman–Crippen LogP) is 4.65. The Morgan fingerprint density at radius 1 is 1.30 bits per heavy atom. The second kappa shape index (κ2) is 7.66.